The Morgan fingerprint density at radius 3 is 2.42 bits per heavy atom. The van der Waals surface area contributed by atoms with E-state index in [1.807, 2.05) is 0 Å². The van der Waals surface area contributed by atoms with E-state index < -0.39 is 11.4 Å². The van der Waals surface area contributed by atoms with Crippen LogP contribution in [0, 0.1) is 0 Å². The highest BCUT2D eigenvalue weighted by Gasteiger charge is 2.34. The third-order valence-electron chi connectivity index (χ3n) is 3.33. The molecule has 1 saturated heterocycles. The van der Waals surface area contributed by atoms with E-state index in [9.17, 15) is 15.0 Å². The van der Waals surface area contributed by atoms with Crippen molar-refractivity contribution >= 4 is 21.8 Å². The van der Waals surface area contributed by atoms with Crippen molar-refractivity contribution in [1.29, 1.82) is 0 Å². The van der Waals surface area contributed by atoms with Gasteiger partial charge < -0.3 is 20.3 Å². The van der Waals surface area contributed by atoms with Gasteiger partial charge in [-0.15, -0.1) is 0 Å². The number of ether oxygens (including phenoxy) is 1. The van der Waals surface area contributed by atoms with E-state index in [0.29, 0.717) is 31.4 Å². The third-order valence-corrected chi connectivity index (χ3v) is 4.41. The van der Waals surface area contributed by atoms with Crippen molar-refractivity contribution in [3.8, 4) is 11.5 Å². The van der Waals surface area contributed by atoms with Gasteiger partial charge in [-0.05, 0) is 25.0 Å². The van der Waals surface area contributed by atoms with Crippen LogP contribution in [0.5, 0.6) is 11.5 Å². The molecule has 0 aromatic heterocycles. The lowest BCUT2D eigenvalue weighted by atomic mass is 9.92. The Bertz CT molecular complexity index is 451. The van der Waals surface area contributed by atoms with Gasteiger partial charge in [-0.25, -0.2) is 0 Å². The first-order valence-electron chi connectivity index (χ1n) is 6.05. The van der Waals surface area contributed by atoms with Crippen molar-refractivity contribution < 1.29 is 19.7 Å². The standard InChI is InChI=1S/C13H16BrNO4/c14-8-13(4-6-19-7-5-13)15-12(18)11-9(16)2-1-3-10(11)17/h1-3,16-17H,4-8H2,(H,15,18). The van der Waals surface area contributed by atoms with Crippen LogP contribution in [0.4, 0.5) is 0 Å². The number of alkyl halides is 1. The van der Waals surface area contributed by atoms with E-state index in [2.05, 4.69) is 21.2 Å². The fourth-order valence-corrected chi connectivity index (χ4v) is 2.82. The molecule has 104 valence electrons. The highest BCUT2D eigenvalue weighted by Crippen LogP contribution is 2.29. The molecule has 19 heavy (non-hydrogen) atoms. The number of rotatable bonds is 3. The van der Waals surface area contributed by atoms with Crippen molar-refractivity contribution in [2.24, 2.45) is 0 Å². The van der Waals surface area contributed by atoms with E-state index in [0.717, 1.165) is 0 Å². The number of nitrogens with one attached hydrogen (secondary N) is 1. The van der Waals surface area contributed by atoms with Crippen molar-refractivity contribution in [3.05, 3.63) is 23.8 Å². The molecule has 0 unspecified atom stereocenters. The number of hydrogen-bond donors (Lipinski definition) is 3. The largest absolute Gasteiger partial charge is 0.507 e. The van der Waals surface area contributed by atoms with Crippen LogP contribution in [-0.4, -0.2) is 40.2 Å². The van der Waals surface area contributed by atoms with Gasteiger partial charge >= 0.3 is 0 Å². The lowest BCUT2D eigenvalue weighted by Crippen LogP contribution is -2.53. The van der Waals surface area contributed by atoms with E-state index in [-0.39, 0.29) is 17.1 Å². The Balaban J connectivity index is 2.20. The van der Waals surface area contributed by atoms with Gasteiger partial charge in [0.25, 0.3) is 5.91 Å². The molecule has 1 aliphatic rings. The summed E-state index contributed by atoms with van der Waals surface area (Å²) in [5.41, 5.74) is -0.487. The summed E-state index contributed by atoms with van der Waals surface area (Å²) in [6.07, 6.45) is 1.39. The molecule has 1 aliphatic heterocycles. The van der Waals surface area contributed by atoms with Gasteiger partial charge in [-0.1, -0.05) is 22.0 Å². The number of benzene rings is 1. The molecule has 0 radical (unpaired) electrons. The Hall–Kier alpha value is -1.27. The Labute approximate surface area is 119 Å². The zero-order chi connectivity index (χ0) is 13.9. The number of carbonyl (C=O) groups excluding carboxylic acids is 1. The van der Waals surface area contributed by atoms with E-state index in [4.69, 9.17) is 4.74 Å². The Kier molecular flexibility index (Phi) is 4.31. The molecular weight excluding hydrogens is 314 g/mol. The summed E-state index contributed by atoms with van der Waals surface area (Å²) in [7, 11) is 0. The molecule has 2 rings (SSSR count). The minimum Gasteiger partial charge on any atom is -0.507 e. The molecular formula is C13H16BrNO4. The number of phenolic OH excluding ortho intramolecular Hbond substituents is 2. The second-order valence-corrected chi connectivity index (χ2v) is 5.21. The molecule has 1 fully saturated rings. The molecule has 1 aromatic carbocycles. The van der Waals surface area contributed by atoms with Crippen molar-refractivity contribution in [3.63, 3.8) is 0 Å². The Morgan fingerprint density at radius 1 is 1.32 bits per heavy atom. The fraction of sp³-hybridized carbons (Fsp3) is 0.462. The summed E-state index contributed by atoms with van der Waals surface area (Å²) >= 11 is 3.41. The summed E-state index contributed by atoms with van der Waals surface area (Å²) in [4.78, 5) is 12.2. The molecule has 0 saturated carbocycles. The summed E-state index contributed by atoms with van der Waals surface area (Å²) < 4.78 is 5.29. The van der Waals surface area contributed by atoms with Crippen molar-refractivity contribution in [2.45, 2.75) is 18.4 Å². The van der Waals surface area contributed by atoms with Gasteiger partial charge in [0.2, 0.25) is 0 Å². The van der Waals surface area contributed by atoms with Crippen molar-refractivity contribution in [2.75, 3.05) is 18.5 Å². The second kappa shape index (κ2) is 5.79. The first-order valence-corrected chi connectivity index (χ1v) is 7.17. The molecule has 6 heteroatoms. The molecule has 0 bridgehead atoms. The first-order chi connectivity index (χ1) is 9.08. The summed E-state index contributed by atoms with van der Waals surface area (Å²) in [6, 6.07) is 4.23. The Morgan fingerprint density at radius 2 is 1.89 bits per heavy atom. The zero-order valence-electron chi connectivity index (χ0n) is 10.4. The minimum atomic E-state index is -0.475. The second-order valence-electron chi connectivity index (χ2n) is 4.65. The number of hydrogen-bond acceptors (Lipinski definition) is 4. The molecule has 1 heterocycles. The van der Waals surface area contributed by atoms with Crippen molar-refractivity contribution in [1.82, 2.24) is 5.32 Å². The predicted molar refractivity (Wildman–Crippen MR) is 73.8 cm³/mol. The topological polar surface area (TPSA) is 78.8 Å². The fourth-order valence-electron chi connectivity index (χ4n) is 2.12. The lowest BCUT2D eigenvalue weighted by molar-refractivity contribution is 0.0440. The van der Waals surface area contributed by atoms with Gasteiger partial charge in [0.1, 0.15) is 17.1 Å². The summed E-state index contributed by atoms with van der Waals surface area (Å²) in [6.45, 7) is 1.16. The first kappa shape index (κ1) is 14.1. The molecule has 1 aromatic rings. The molecule has 0 aliphatic carbocycles. The molecule has 0 atom stereocenters. The molecule has 0 spiro atoms. The van der Waals surface area contributed by atoms with Gasteiger partial charge in [0.15, 0.2) is 0 Å². The summed E-state index contributed by atoms with van der Waals surface area (Å²) in [5, 5.41) is 22.9. The van der Waals surface area contributed by atoms with Crippen LogP contribution < -0.4 is 5.32 Å². The van der Waals surface area contributed by atoms with E-state index in [1.54, 1.807) is 0 Å². The maximum Gasteiger partial charge on any atom is 0.259 e. The average molecular weight is 330 g/mol. The predicted octanol–water partition coefficient (Wildman–Crippen LogP) is 1.77. The third kappa shape index (κ3) is 3.01. The van der Waals surface area contributed by atoms with Gasteiger partial charge in [-0.2, -0.15) is 0 Å². The monoisotopic (exact) mass is 329 g/mol. The van der Waals surface area contributed by atoms with Gasteiger partial charge in [0.05, 0.1) is 5.54 Å². The van der Waals surface area contributed by atoms with Gasteiger partial charge in [0, 0.05) is 18.5 Å². The van der Waals surface area contributed by atoms with Crippen LogP contribution in [-0.2, 0) is 4.74 Å². The van der Waals surface area contributed by atoms with Crippen LogP contribution in [0.1, 0.15) is 23.2 Å². The van der Waals surface area contributed by atoms with Crippen LogP contribution in [0.2, 0.25) is 0 Å². The van der Waals surface area contributed by atoms with Gasteiger partial charge in [-0.3, -0.25) is 4.79 Å². The maximum absolute atomic E-state index is 12.2. The lowest BCUT2D eigenvalue weighted by Gasteiger charge is -2.36. The maximum atomic E-state index is 12.2. The quantitative estimate of drug-likeness (QED) is 0.738. The van der Waals surface area contributed by atoms with Crippen LogP contribution in [0.3, 0.4) is 0 Å². The number of amides is 1. The van der Waals surface area contributed by atoms with Crippen LogP contribution >= 0.6 is 15.9 Å². The average Bonchev–Trinajstić information content (AvgIpc) is 2.39. The number of aromatic hydroxyl groups is 2. The highest BCUT2D eigenvalue weighted by atomic mass is 79.9. The normalized spacial score (nSPS) is 17.9. The molecule has 1 amide bonds. The summed E-state index contributed by atoms with van der Waals surface area (Å²) in [5.74, 6) is -0.930. The molecule has 5 nitrogen and oxygen atoms in total. The number of halogens is 1. The SMILES string of the molecule is O=C(NC1(CBr)CCOCC1)c1c(O)cccc1O. The van der Waals surface area contributed by atoms with E-state index in [1.165, 1.54) is 18.2 Å². The zero-order valence-corrected chi connectivity index (χ0v) is 11.9. The highest BCUT2D eigenvalue weighted by molar-refractivity contribution is 9.09. The molecule has 3 N–H and O–H groups in total. The number of phenols is 2. The smallest absolute Gasteiger partial charge is 0.259 e. The minimum absolute atomic E-state index is 0.0886. The van der Waals surface area contributed by atoms with Crippen LogP contribution in [0.15, 0.2) is 18.2 Å². The van der Waals surface area contributed by atoms with E-state index >= 15 is 0 Å². The van der Waals surface area contributed by atoms with Crippen LogP contribution in [0.25, 0.3) is 0 Å². The number of carbonyl (C=O) groups is 1.